The minimum absolute atomic E-state index is 0.0329. The van der Waals surface area contributed by atoms with Crippen LogP contribution in [0.5, 0.6) is 17.2 Å². The van der Waals surface area contributed by atoms with Crippen LogP contribution in [0.15, 0.2) is 18.2 Å². The largest absolute Gasteiger partial charge is 0.507 e. The summed E-state index contributed by atoms with van der Waals surface area (Å²) < 4.78 is 28.5. The average Bonchev–Trinajstić information content (AvgIpc) is 3.02. The van der Waals surface area contributed by atoms with E-state index in [-0.39, 0.29) is 34.4 Å². The molecule has 0 bridgehead atoms. The Morgan fingerprint density at radius 3 is 2.53 bits per heavy atom. The summed E-state index contributed by atoms with van der Waals surface area (Å²) in [6.45, 7) is 1.59. The number of benzene rings is 2. The second-order valence-electron chi connectivity index (χ2n) is 12.1. The standard InChI is InChI=1S/C32H37NO12/c1-14-27(35)17(33)10-22(44-14)45-19-12-32(40,20(34)13-43-21-8-3-4-9-42-21)11-16-24(19)31(39)26-25(29(16)37)28(36)15-6-5-7-18(41-2)23(15)30(26)38/h5-7,14,17,19,21-22,27,35,37,39-40H,3-4,8-13,33H2,1-2H3/t14-,17-,19-,21-,22-,27+,32-/m0/s1. The van der Waals surface area contributed by atoms with Gasteiger partial charge in [0.05, 0.1) is 42.1 Å². The first kappa shape index (κ1) is 31.5. The van der Waals surface area contributed by atoms with Gasteiger partial charge in [-0.25, -0.2) is 0 Å². The van der Waals surface area contributed by atoms with E-state index in [1.807, 2.05) is 0 Å². The number of rotatable bonds is 7. The van der Waals surface area contributed by atoms with E-state index in [0.29, 0.717) is 13.0 Å². The minimum Gasteiger partial charge on any atom is -0.507 e. The summed E-state index contributed by atoms with van der Waals surface area (Å²) in [6.07, 6.45) is -3.21. The van der Waals surface area contributed by atoms with Crippen LogP contribution in [0.3, 0.4) is 0 Å². The normalized spacial score (nSPS) is 31.1. The summed E-state index contributed by atoms with van der Waals surface area (Å²) >= 11 is 0. The van der Waals surface area contributed by atoms with Crippen molar-refractivity contribution in [2.24, 2.45) is 5.73 Å². The number of ketones is 3. The number of phenols is 2. The number of aromatic hydroxyl groups is 2. The number of hydrogen-bond donors (Lipinski definition) is 5. The third-order valence-corrected chi connectivity index (χ3v) is 9.20. The van der Waals surface area contributed by atoms with Crippen molar-refractivity contribution in [1.29, 1.82) is 0 Å². The van der Waals surface area contributed by atoms with Crippen LogP contribution in [0.4, 0.5) is 0 Å². The lowest BCUT2D eigenvalue weighted by Crippen LogP contribution is -2.53. The number of phenolic OH excluding ortho intramolecular Hbond substituents is 2. The van der Waals surface area contributed by atoms with Gasteiger partial charge in [0.2, 0.25) is 5.78 Å². The number of aliphatic hydroxyl groups excluding tert-OH is 1. The van der Waals surface area contributed by atoms with Gasteiger partial charge in [0, 0.05) is 48.6 Å². The highest BCUT2D eigenvalue weighted by Crippen LogP contribution is 2.52. The second kappa shape index (κ2) is 12.1. The fourth-order valence-electron chi connectivity index (χ4n) is 6.75. The Labute approximate surface area is 258 Å². The predicted octanol–water partition coefficient (Wildman–Crippen LogP) is 1.55. The molecule has 7 atom stereocenters. The molecular weight excluding hydrogens is 590 g/mol. The molecule has 0 spiro atoms. The van der Waals surface area contributed by atoms with Crippen molar-refractivity contribution in [3.8, 4) is 17.2 Å². The molecule has 2 aliphatic heterocycles. The first-order chi connectivity index (χ1) is 21.4. The highest BCUT2D eigenvalue weighted by atomic mass is 16.7. The molecule has 2 saturated heterocycles. The van der Waals surface area contributed by atoms with E-state index in [2.05, 4.69) is 0 Å². The Morgan fingerprint density at radius 1 is 1.09 bits per heavy atom. The molecule has 13 nitrogen and oxygen atoms in total. The van der Waals surface area contributed by atoms with Crippen molar-refractivity contribution in [2.45, 2.75) is 88.0 Å². The van der Waals surface area contributed by atoms with Crippen molar-refractivity contribution >= 4 is 17.3 Å². The number of carbonyl (C=O) groups excluding carboxylic acids is 3. The van der Waals surface area contributed by atoms with E-state index in [4.69, 9.17) is 29.4 Å². The maximum absolute atomic E-state index is 13.8. The SMILES string of the molecule is COc1cccc2c1C(=O)c1c(O)c3c(c(O)c1C2=O)C[C@@](O)(C(=O)CO[C@H]1CCCCO1)C[C@@H]3O[C@H]1C[C@H](N)[C@H](O)[C@H](C)O1. The number of Topliss-reactive ketones (excluding diaryl/α,β-unsaturated/α-hetero) is 1. The summed E-state index contributed by atoms with van der Waals surface area (Å²) in [5.74, 6) is -3.40. The zero-order valence-electron chi connectivity index (χ0n) is 25.0. The van der Waals surface area contributed by atoms with Gasteiger partial charge in [-0.05, 0) is 32.3 Å². The molecule has 2 aliphatic carbocycles. The number of fused-ring (bicyclic) bond motifs is 3. The summed E-state index contributed by atoms with van der Waals surface area (Å²) in [5.41, 5.74) is 2.72. The van der Waals surface area contributed by atoms with Crippen LogP contribution in [-0.2, 0) is 30.2 Å². The van der Waals surface area contributed by atoms with Crippen LogP contribution in [0, 0.1) is 0 Å². The van der Waals surface area contributed by atoms with E-state index >= 15 is 0 Å². The third-order valence-electron chi connectivity index (χ3n) is 9.20. The molecule has 2 aromatic rings. The molecule has 4 aliphatic rings. The van der Waals surface area contributed by atoms with Gasteiger partial charge in [-0.3, -0.25) is 14.4 Å². The van der Waals surface area contributed by atoms with E-state index in [1.165, 1.54) is 25.3 Å². The Balaban J connectivity index is 1.43. The van der Waals surface area contributed by atoms with Gasteiger partial charge in [-0.1, -0.05) is 12.1 Å². The van der Waals surface area contributed by atoms with E-state index < -0.39 is 102 Å². The molecule has 45 heavy (non-hydrogen) atoms. The molecule has 242 valence electrons. The lowest BCUT2D eigenvalue weighted by molar-refractivity contribution is -0.247. The summed E-state index contributed by atoms with van der Waals surface area (Å²) in [4.78, 5) is 41.1. The highest BCUT2D eigenvalue weighted by molar-refractivity contribution is 6.31. The summed E-state index contributed by atoms with van der Waals surface area (Å²) in [6, 6.07) is 3.71. The van der Waals surface area contributed by atoms with E-state index in [9.17, 15) is 34.8 Å². The van der Waals surface area contributed by atoms with Crippen LogP contribution in [-0.4, -0.2) is 94.5 Å². The Morgan fingerprint density at radius 2 is 1.84 bits per heavy atom. The predicted molar refractivity (Wildman–Crippen MR) is 154 cm³/mol. The first-order valence-corrected chi connectivity index (χ1v) is 15.1. The molecule has 0 saturated carbocycles. The number of nitrogens with two attached hydrogens (primary N) is 1. The van der Waals surface area contributed by atoms with Crippen LogP contribution < -0.4 is 10.5 Å². The molecular formula is C32H37NO12. The van der Waals surface area contributed by atoms with Crippen LogP contribution in [0.1, 0.15) is 88.1 Å². The van der Waals surface area contributed by atoms with Crippen molar-refractivity contribution in [1.82, 2.24) is 0 Å². The number of aliphatic hydroxyl groups is 2. The quantitative estimate of drug-likeness (QED) is 0.236. The molecule has 6 rings (SSSR count). The summed E-state index contributed by atoms with van der Waals surface area (Å²) in [5, 5.41) is 45.4. The molecule has 2 aromatic carbocycles. The van der Waals surface area contributed by atoms with Gasteiger partial charge in [0.1, 0.15) is 29.5 Å². The van der Waals surface area contributed by atoms with Gasteiger partial charge >= 0.3 is 0 Å². The topological polar surface area (TPSA) is 204 Å². The van der Waals surface area contributed by atoms with Crippen LogP contribution >= 0.6 is 0 Å². The van der Waals surface area contributed by atoms with Gasteiger partial charge in [-0.15, -0.1) is 0 Å². The van der Waals surface area contributed by atoms with Crippen molar-refractivity contribution in [3.63, 3.8) is 0 Å². The van der Waals surface area contributed by atoms with Crippen LogP contribution in [0.2, 0.25) is 0 Å². The van der Waals surface area contributed by atoms with Gasteiger partial charge in [0.25, 0.3) is 0 Å². The fourth-order valence-corrected chi connectivity index (χ4v) is 6.75. The number of carbonyl (C=O) groups is 3. The Hall–Kier alpha value is -3.43. The molecule has 0 radical (unpaired) electrons. The van der Waals surface area contributed by atoms with Gasteiger partial charge < -0.3 is 49.8 Å². The zero-order chi connectivity index (χ0) is 32.2. The van der Waals surface area contributed by atoms with Crippen LogP contribution in [0.25, 0.3) is 0 Å². The fraction of sp³-hybridized carbons (Fsp3) is 0.531. The maximum Gasteiger partial charge on any atom is 0.202 e. The maximum atomic E-state index is 13.8. The molecule has 13 heteroatoms. The zero-order valence-corrected chi connectivity index (χ0v) is 25.0. The number of ether oxygens (including phenoxy) is 5. The Bertz CT molecular complexity index is 1520. The average molecular weight is 628 g/mol. The lowest BCUT2D eigenvalue weighted by Gasteiger charge is -2.42. The molecule has 6 N–H and O–H groups in total. The molecule has 0 amide bonds. The van der Waals surface area contributed by atoms with Gasteiger partial charge in [-0.2, -0.15) is 0 Å². The minimum atomic E-state index is -2.17. The number of hydrogen-bond acceptors (Lipinski definition) is 13. The smallest absolute Gasteiger partial charge is 0.202 e. The van der Waals surface area contributed by atoms with Gasteiger partial charge in [0.15, 0.2) is 24.1 Å². The Kier molecular flexibility index (Phi) is 8.46. The highest BCUT2D eigenvalue weighted by Gasteiger charge is 2.50. The molecule has 0 unspecified atom stereocenters. The second-order valence-corrected chi connectivity index (χ2v) is 12.1. The van der Waals surface area contributed by atoms with Crippen molar-refractivity contribution < 1.29 is 58.5 Å². The first-order valence-electron chi connectivity index (χ1n) is 15.1. The monoisotopic (exact) mass is 627 g/mol. The molecule has 2 fully saturated rings. The van der Waals surface area contributed by atoms with E-state index in [1.54, 1.807) is 6.92 Å². The van der Waals surface area contributed by atoms with E-state index in [0.717, 1.165) is 12.8 Å². The summed E-state index contributed by atoms with van der Waals surface area (Å²) in [7, 11) is 1.34. The van der Waals surface area contributed by atoms with Crippen molar-refractivity contribution in [2.75, 3.05) is 20.3 Å². The third kappa shape index (κ3) is 5.42. The molecule has 2 heterocycles. The van der Waals surface area contributed by atoms with Crippen molar-refractivity contribution in [3.05, 3.63) is 51.6 Å². The number of methoxy groups -OCH3 is 1. The lowest BCUT2D eigenvalue weighted by atomic mass is 9.72. The molecule has 0 aromatic heterocycles.